The maximum atomic E-state index is 13.6. The Morgan fingerprint density at radius 3 is 2.08 bits per heavy atom. The molecule has 4 rings (SSSR count). The molecule has 11 heteroatoms. The zero-order chi connectivity index (χ0) is 26.4. The third-order valence-corrected chi connectivity index (χ3v) is 7.16. The van der Waals surface area contributed by atoms with Crippen LogP contribution in [0.2, 0.25) is 0 Å². The van der Waals surface area contributed by atoms with E-state index >= 15 is 0 Å². The molecule has 1 saturated heterocycles. The number of hydrogen-bond donors (Lipinski definition) is 1. The summed E-state index contributed by atoms with van der Waals surface area (Å²) in [6, 6.07) is 7.00. The first-order chi connectivity index (χ1) is 16.7. The maximum Gasteiger partial charge on any atom is 0.416 e. The van der Waals surface area contributed by atoms with E-state index in [0.29, 0.717) is 37.1 Å². The van der Waals surface area contributed by atoms with E-state index in [4.69, 9.17) is 4.74 Å². The fraction of sp³-hybridized carbons (Fsp3) is 0.480. The number of rotatable bonds is 4. The molecule has 2 aliphatic rings. The van der Waals surface area contributed by atoms with Crippen LogP contribution in [0, 0.1) is 17.7 Å². The van der Waals surface area contributed by atoms with E-state index in [-0.39, 0.29) is 30.0 Å². The number of halogens is 7. The van der Waals surface area contributed by atoms with Crippen LogP contribution in [0.25, 0.3) is 0 Å². The van der Waals surface area contributed by atoms with Gasteiger partial charge in [-0.3, -0.25) is 0 Å². The van der Waals surface area contributed by atoms with E-state index < -0.39 is 53.5 Å². The first kappa shape index (κ1) is 26.2. The highest BCUT2D eigenvalue weighted by molar-refractivity contribution is 5.65. The molecule has 2 aromatic carbocycles. The van der Waals surface area contributed by atoms with Gasteiger partial charge in [0.25, 0.3) is 0 Å². The summed E-state index contributed by atoms with van der Waals surface area (Å²) < 4.78 is 99.7. The van der Waals surface area contributed by atoms with Crippen LogP contribution in [0.15, 0.2) is 42.5 Å². The zero-order valence-electron chi connectivity index (χ0n) is 19.1. The van der Waals surface area contributed by atoms with Crippen LogP contribution < -0.4 is 0 Å². The molecule has 1 amide bonds. The SMILES string of the molecule is C[C@H](O[C@@H]1CC[C@@H]2CN(C(=O)O)C[C@@H]2[C@H]1c1ccc(F)cc1)c1cc(C(F)(F)F)cc(C(F)(F)F)c1. The highest BCUT2D eigenvalue weighted by Gasteiger charge is 2.47. The summed E-state index contributed by atoms with van der Waals surface area (Å²) in [6.07, 6.45) is -11.8. The highest BCUT2D eigenvalue weighted by Crippen LogP contribution is 2.48. The molecule has 0 aromatic heterocycles. The monoisotopic (exact) mass is 519 g/mol. The summed E-state index contributed by atoms with van der Waals surface area (Å²) in [6.45, 7) is 1.92. The molecule has 5 atom stereocenters. The Balaban J connectivity index is 1.66. The lowest BCUT2D eigenvalue weighted by Gasteiger charge is -2.41. The van der Waals surface area contributed by atoms with Crippen LogP contribution in [0.5, 0.6) is 0 Å². The number of hydrogen-bond acceptors (Lipinski definition) is 2. The average molecular weight is 519 g/mol. The second kappa shape index (κ2) is 9.57. The fourth-order valence-electron chi connectivity index (χ4n) is 5.45. The molecule has 196 valence electrons. The molecule has 2 fully saturated rings. The molecule has 0 radical (unpaired) electrons. The van der Waals surface area contributed by atoms with E-state index in [1.165, 1.54) is 24.0 Å². The quantitative estimate of drug-likeness (QED) is 0.438. The molecule has 0 bridgehead atoms. The van der Waals surface area contributed by atoms with Gasteiger partial charge in [-0.2, -0.15) is 26.3 Å². The summed E-state index contributed by atoms with van der Waals surface area (Å²) in [4.78, 5) is 12.9. The van der Waals surface area contributed by atoms with Gasteiger partial charge in [-0.05, 0) is 73.1 Å². The van der Waals surface area contributed by atoms with Crippen LogP contribution >= 0.6 is 0 Å². The molecule has 1 N–H and O–H groups in total. The lowest BCUT2D eigenvalue weighted by Crippen LogP contribution is -2.38. The van der Waals surface area contributed by atoms with E-state index in [1.807, 2.05) is 0 Å². The maximum absolute atomic E-state index is 13.6. The van der Waals surface area contributed by atoms with Crippen molar-refractivity contribution in [3.63, 3.8) is 0 Å². The molecule has 0 unspecified atom stereocenters. The van der Waals surface area contributed by atoms with Crippen molar-refractivity contribution >= 4 is 6.09 Å². The Morgan fingerprint density at radius 1 is 0.972 bits per heavy atom. The number of benzene rings is 2. The van der Waals surface area contributed by atoms with Gasteiger partial charge in [-0.15, -0.1) is 0 Å². The zero-order valence-corrected chi connectivity index (χ0v) is 19.1. The Morgan fingerprint density at radius 2 is 1.56 bits per heavy atom. The minimum Gasteiger partial charge on any atom is -0.465 e. The average Bonchev–Trinajstić information content (AvgIpc) is 3.23. The van der Waals surface area contributed by atoms with E-state index in [9.17, 15) is 40.6 Å². The van der Waals surface area contributed by atoms with Gasteiger partial charge in [0.2, 0.25) is 0 Å². The first-order valence-corrected chi connectivity index (χ1v) is 11.4. The summed E-state index contributed by atoms with van der Waals surface area (Å²) in [5.74, 6) is -1.07. The van der Waals surface area contributed by atoms with Gasteiger partial charge >= 0.3 is 18.4 Å². The largest absolute Gasteiger partial charge is 0.465 e. The lowest BCUT2D eigenvalue weighted by atomic mass is 9.69. The van der Waals surface area contributed by atoms with Crippen molar-refractivity contribution in [1.82, 2.24) is 4.90 Å². The number of fused-ring (bicyclic) bond motifs is 1. The van der Waals surface area contributed by atoms with Crippen molar-refractivity contribution in [3.8, 4) is 0 Å². The highest BCUT2D eigenvalue weighted by atomic mass is 19.4. The van der Waals surface area contributed by atoms with Crippen molar-refractivity contribution in [2.24, 2.45) is 11.8 Å². The standard InChI is InChI=1S/C25H24F7NO3/c1-13(16-8-17(24(27,28)29)10-18(9-16)25(30,31)32)36-21-7-4-15-11-33(23(34)35)12-20(15)22(21)14-2-5-19(26)6-3-14/h2-3,5-6,8-10,13,15,20-22H,4,7,11-12H2,1H3,(H,34,35)/t13-,15+,20-,21+,22+/m0/s1. The molecule has 0 spiro atoms. The van der Waals surface area contributed by atoms with E-state index in [0.717, 1.165) is 0 Å². The smallest absolute Gasteiger partial charge is 0.416 e. The van der Waals surface area contributed by atoms with Crippen molar-refractivity contribution in [1.29, 1.82) is 0 Å². The predicted molar refractivity (Wildman–Crippen MR) is 115 cm³/mol. The number of amides is 1. The van der Waals surface area contributed by atoms with Crippen molar-refractivity contribution in [2.45, 2.75) is 50.2 Å². The Hall–Kier alpha value is -2.82. The minimum absolute atomic E-state index is 0.0108. The second-order valence-electron chi connectivity index (χ2n) is 9.42. The van der Waals surface area contributed by atoms with Gasteiger partial charge in [-0.1, -0.05) is 12.1 Å². The summed E-state index contributed by atoms with van der Waals surface area (Å²) in [5, 5.41) is 9.46. The number of ether oxygens (including phenoxy) is 1. The lowest BCUT2D eigenvalue weighted by molar-refractivity contribution is -0.143. The molecule has 1 saturated carbocycles. The van der Waals surface area contributed by atoms with Gasteiger partial charge < -0.3 is 14.7 Å². The third-order valence-electron chi connectivity index (χ3n) is 7.16. The molecule has 2 aromatic rings. The molecule has 36 heavy (non-hydrogen) atoms. The van der Waals surface area contributed by atoms with Crippen molar-refractivity contribution < 1.29 is 45.4 Å². The van der Waals surface area contributed by atoms with E-state index in [1.54, 1.807) is 12.1 Å². The number of carboxylic acid groups (broad SMARTS) is 1. The number of alkyl halides is 6. The molecule has 4 nitrogen and oxygen atoms in total. The number of carbonyl (C=O) groups is 1. The van der Waals surface area contributed by atoms with Gasteiger partial charge in [0.1, 0.15) is 5.82 Å². The Bertz CT molecular complexity index is 1070. The van der Waals surface area contributed by atoms with Crippen molar-refractivity contribution in [3.05, 3.63) is 70.5 Å². The second-order valence-corrected chi connectivity index (χ2v) is 9.42. The third kappa shape index (κ3) is 5.45. The van der Waals surface area contributed by atoms with Crippen LogP contribution in [-0.2, 0) is 17.1 Å². The van der Waals surface area contributed by atoms with Gasteiger partial charge in [0.05, 0.1) is 23.3 Å². The van der Waals surface area contributed by atoms with Gasteiger partial charge in [0, 0.05) is 19.0 Å². The molecular weight excluding hydrogens is 495 g/mol. The summed E-state index contributed by atoms with van der Waals surface area (Å²) >= 11 is 0. The van der Waals surface area contributed by atoms with Gasteiger partial charge in [0.15, 0.2) is 0 Å². The van der Waals surface area contributed by atoms with Crippen LogP contribution in [0.1, 0.15) is 54.0 Å². The fourth-order valence-corrected chi connectivity index (χ4v) is 5.45. The normalized spacial score (nSPS) is 25.5. The summed E-state index contributed by atoms with van der Waals surface area (Å²) in [5.41, 5.74) is -2.44. The topological polar surface area (TPSA) is 49.8 Å². The Labute approximate surface area is 202 Å². The van der Waals surface area contributed by atoms with Crippen molar-refractivity contribution in [2.75, 3.05) is 13.1 Å². The molecular formula is C25H24F7NO3. The Kier molecular flexibility index (Phi) is 6.98. The molecule has 1 heterocycles. The van der Waals surface area contributed by atoms with Crippen LogP contribution in [0.4, 0.5) is 35.5 Å². The minimum atomic E-state index is -4.98. The van der Waals surface area contributed by atoms with Crippen LogP contribution in [0.3, 0.4) is 0 Å². The molecule has 1 aliphatic carbocycles. The predicted octanol–water partition coefficient (Wildman–Crippen LogP) is 7.11. The first-order valence-electron chi connectivity index (χ1n) is 11.4. The van der Waals surface area contributed by atoms with Gasteiger partial charge in [-0.25, -0.2) is 9.18 Å². The number of nitrogens with zero attached hydrogens (tertiary/aromatic N) is 1. The number of likely N-dealkylation sites (tertiary alicyclic amines) is 1. The summed E-state index contributed by atoms with van der Waals surface area (Å²) in [7, 11) is 0. The molecule has 1 aliphatic heterocycles. The van der Waals surface area contributed by atoms with E-state index in [2.05, 4.69) is 0 Å². The van der Waals surface area contributed by atoms with Crippen LogP contribution in [-0.4, -0.2) is 35.3 Å².